The fourth-order valence-corrected chi connectivity index (χ4v) is 9.27. The molecule has 5 amide bonds. The Morgan fingerprint density at radius 2 is 1.69 bits per heavy atom. The van der Waals surface area contributed by atoms with E-state index in [1.54, 1.807) is 12.1 Å². The lowest BCUT2D eigenvalue weighted by Crippen LogP contribution is -2.47. The molecule has 0 aliphatic carbocycles. The van der Waals surface area contributed by atoms with Crippen molar-refractivity contribution in [3.63, 3.8) is 0 Å². The van der Waals surface area contributed by atoms with Gasteiger partial charge in [-0.3, -0.25) is 38.6 Å². The molecular weight excluding hydrogens is 917 g/mol. The van der Waals surface area contributed by atoms with E-state index in [0.29, 0.717) is 70.1 Å². The first kappa shape index (κ1) is 56.5. The van der Waals surface area contributed by atoms with Crippen molar-refractivity contribution in [3.05, 3.63) is 116 Å². The average Bonchev–Trinajstić information content (AvgIpc) is 3.62. The van der Waals surface area contributed by atoms with Crippen LogP contribution in [0.25, 0.3) is 5.57 Å². The molecule has 2 aliphatic heterocycles. The van der Waals surface area contributed by atoms with E-state index in [4.69, 9.17) is 15.2 Å². The second kappa shape index (κ2) is 28.6. The Kier molecular flexibility index (Phi) is 22.4. The molecule has 0 spiro atoms. The number of nitrogens with zero attached hydrogens (tertiary/aromatic N) is 3. The number of ether oxygens (including phenoxy) is 2. The number of aromatic amines is 1. The van der Waals surface area contributed by atoms with Gasteiger partial charge < -0.3 is 45.8 Å². The van der Waals surface area contributed by atoms with Crippen LogP contribution in [0.3, 0.4) is 0 Å². The minimum absolute atomic E-state index is 0.0205. The quantitative estimate of drug-likeness (QED) is 0.0314. The maximum atomic E-state index is 14.0. The van der Waals surface area contributed by atoms with Crippen molar-refractivity contribution >= 4 is 41.4 Å². The van der Waals surface area contributed by atoms with Crippen molar-refractivity contribution in [2.24, 2.45) is 11.7 Å². The number of allylic oxidation sites excluding steroid dienone is 1. The van der Waals surface area contributed by atoms with Crippen molar-refractivity contribution in [2.75, 3.05) is 59.1 Å². The maximum absolute atomic E-state index is 14.0. The van der Waals surface area contributed by atoms with Gasteiger partial charge in [0.05, 0.1) is 30.2 Å². The number of likely N-dealkylation sites (N-methyl/N-ethyl adjacent to an activating group) is 1. The predicted molar refractivity (Wildman–Crippen MR) is 278 cm³/mol. The zero-order valence-electron chi connectivity index (χ0n) is 42.9. The van der Waals surface area contributed by atoms with Gasteiger partial charge in [-0.05, 0) is 125 Å². The molecule has 2 atom stereocenters. The summed E-state index contributed by atoms with van der Waals surface area (Å²) < 4.78 is 11.5. The molecule has 17 nitrogen and oxygen atoms in total. The Morgan fingerprint density at radius 1 is 0.958 bits per heavy atom. The number of carbonyl (C=O) groups is 6. The highest BCUT2D eigenvalue weighted by Crippen LogP contribution is 2.33. The van der Waals surface area contributed by atoms with E-state index in [9.17, 15) is 33.6 Å². The highest BCUT2D eigenvalue weighted by molar-refractivity contribution is 6.24. The van der Waals surface area contributed by atoms with Gasteiger partial charge in [-0.25, -0.2) is 0 Å². The van der Waals surface area contributed by atoms with Crippen LogP contribution >= 0.6 is 0 Å². The molecule has 2 aromatic carbocycles. The summed E-state index contributed by atoms with van der Waals surface area (Å²) in [6.45, 7) is 20.6. The minimum Gasteiger partial charge on any atom is -0.493 e. The van der Waals surface area contributed by atoms with Crippen LogP contribution in [0.1, 0.15) is 127 Å². The molecule has 1 fully saturated rings. The molecule has 390 valence electrons. The Bertz CT molecular complexity index is 2450. The number of aldehydes is 1. The highest BCUT2D eigenvalue weighted by Gasteiger charge is 2.43. The van der Waals surface area contributed by atoms with Gasteiger partial charge in [-0.2, -0.15) is 0 Å². The summed E-state index contributed by atoms with van der Waals surface area (Å²) in [6.07, 6.45) is 8.13. The number of hydrogen-bond acceptors (Lipinski definition) is 12. The number of aryl methyl sites for hydroxylation is 2. The molecule has 5 rings (SSSR count). The molecule has 2 aliphatic rings. The molecule has 0 saturated carbocycles. The van der Waals surface area contributed by atoms with E-state index in [1.165, 1.54) is 6.07 Å². The third-order valence-electron chi connectivity index (χ3n) is 13.5. The second-order valence-electron chi connectivity index (χ2n) is 18.7. The molecule has 1 aromatic heterocycles. The number of fused-ring (bicyclic) bond motifs is 1. The summed E-state index contributed by atoms with van der Waals surface area (Å²) in [7, 11) is 0. The van der Waals surface area contributed by atoms with Gasteiger partial charge in [0, 0.05) is 76.2 Å². The Balaban J connectivity index is 1.01. The molecular formula is C55H76N8O9. The van der Waals surface area contributed by atoms with E-state index < -0.39 is 29.7 Å². The standard InChI is InChI=1S/C55H76N8O9/c1-7-61(36-49(65)58-24-11-9-10-12-28-72-48-17-13-15-44-50(48)55(70)63(54(44)69)47(51(56)66)16-14-27-64)26-25-57-33-41-18-20-42(21-19-41)37(3)32-45(39(5)35-62(8-2)43-22-29-71-30-23-43)52(67)59-34-46-38(4)31-40(6)60-53(46)68/h13,15,17-21,27,31,35,43,45,47,57H,3,7-12,14,16,22-26,28-30,32-34,36H2,1-2,4-6H3,(H2,56,66)(H,58,65)(H,59,67)(H,60,68)/b39-35+. The summed E-state index contributed by atoms with van der Waals surface area (Å²) in [6, 6.07) is 14.0. The predicted octanol–water partition coefficient (Wildman–Crippen LogP) is 5.33. The van der Waals surface area contributed by atoms with Crippen molar-refractivity contribution in [1.82, 2.24) is 35.6 Å². The van der Waals surface area contributed by atoms with Gasteiger partial charge in [0.25, 0.3) is 17.4 Å². The van der Waals surface area contributed by atoms with Gasteiger partial charge in [-0.1, -0.05) is 56.7 Å². The number of pyridine rings is 1. The molecule has 17 heteroatoms. The maximum Gasteiger partial charge on any atom is 0.266 e. The lowest BCUT2D eigenvalue weighted by Gasteiger charge is -2.34. The molecule has 2 unspecified atom stereocenters. The molecule has 0 bridgehead atoms. The van der Waals surface area contributed by atoms with Crippen LogP contribution in [0.4, 0.5) is 0 Å². The van der Waals surface area contributed by atoms with Gasteiger partial charge in [0.15, 0.2) is 0 Å². The summed E-state index contributed by atoms with van der Waals surface area (Å²) in [4.78, 5) is 96.9. The van der Waals surface area contributed by atoms with Gasteiger partial charge >= 0.3 is 0 Å². The van der Waals surface area contributed by atoms with Crippen LogP contribution < -0.4 is 32.0 Å². The van der Waals surface area contributed by atoms with Gasteiger partial charge in [-0.15, -0.1) is 0 Å². The summed E-state index contributed by atoms with van der Waals surface area (Å²) >= 11 is 0. The monoisotopic (exact) mass is 993 g/mol. The fraction of sp³-hybridized carbons (Fsp3) is 0.509. The summed E-state index contributed by atoms with van der Waals surface area (Å²) in [5.41, 5.74) is 11.5. The first-order valence-corrected chi connectivity index (χ1v) is 25.5. The average molecular weight is 993 g/mol. The van der Waals surface area contributed by atoms with Crippen molar-refractivity contribution in [3.8, 4) is 5.75 Å². The number of nitrogens with one attached hydrogen (secondary N) is 4. The molecule has 6 N–H and O–H groups in total. The van der Waals surface area contributed by atoms with Crippen LogP contribution in [0, 0.1) is 19.8 Å². The van der Waals surface area contributed by atoms with Crippen LogP contribution in [-0.2, 0) is 37.0 Å². The van der Waals surface area contributed by atoms with Crippen molar-refractivity contribution in [2.45, 2.75) is 118 Å². The van der Waals surface area contributed by atoms with E-state index in [1.807, 2.05) is 45.9 Å². The molecule has 0 radical (unpaired) electrons. The number of benzene rings is 2. The zero-order chi connectivity index (χ0) is 52.2. The highest BCUT2D eigenvalue weighted by atomic mass is 16.5. The number of imide groups is 1. The number of hydrogen-bond donors (Lipinski definition) is 5. The lowest BCUT2D eigenvalue weighted by molar-refractivity contribution is -0.124. The van der Waals surface area contributed by atoms with E-state index in [2.05, 4.69) is 62.6 Å². The van der Waals surface area contributed by atoms with E-state index in [0.717, 1.165) is 96.8 Å². The topological polar surface area (TPSA) is 226 Å². The molecule has 3 aromatic rings. The Labute approximate surface area is 424 Å². The minimum atomic E-state index is -1.22. The number of H-pyrrole nitrogens is 1. The lowest BCUT2D eigenvalue weighted by atomic mass is 9.89. The molecule has 72 heavy (non-hydrogen) atoms. The normalized spacial score (nSPS) is 14.8. The van der Waals surface area contributed by atoms with Crippen LogP contribution in [0.15, 0.2) is 71.7 Å². The van der Waals surface area contributed by atoms with E-state index in [-0.39, 0.29) is 53.6 Å². The van der Waals surface area contributed by atoms with Gasteiger partial charge in [0.2, 0.25) is 17.7 Å². The number of carbonyl (C=O) groups excluding carboxylic acids is 6. The number of unbranched alkanes of at least 4 members (excludes halogenated alkanes) is 3. The van der Waals surface area contributed by atoms with Crippen molar-refractivity contribution < 1.29 is 38.2 Å². The van der Waals surface area contributed by atoms with E-state index >= 15 is 0 Å². The Hall–Kier alpha value is -6.43. The Morgan fingerprint density at radius 3 is 2.38 bits per heavy atom. The smallest absolute Gasteiger partial charge is 0.266 e. The van der Waals surface area contributed by atoms with Crippen molar-refractivity contribution in [1.29, 1.82) is 0 Å². The van der Waals surface area contributed by atoms with Gasteiger partial charge in [0.1, 0.15) is 18.1 Å². The second-order valence-corrected chi connectivity index (χ2v) is 18.7. The zero-order valence-corrected chi connectivity index (χ0v) is 42.9. The third kappa shape index (κ3) is 16.0. The number of nitrogens with two attached hydrogens (primary N) is 1. The summed E-state index contributed by atoms with van der Waals surface area (Å²) in [5.74, 6) is -2.58. The van der Waals surface area contributed by atoms with Crippen LogP contribution in [-0.4, -0.2) is 127 Å². The van der Waals surface area contributed by atoms with Crippen LogP contribution in [0.5, 0.6) is 5.75 Å². The fourth-order valence-electron chi connectivity index (χ4n) is 9.27. The SMILES string of the molecule is C=C(CC(C(=O)NCc1c(C)cc(C)[nH]c1=O)/C(C)=C/N(CC)C1CCOCC1)c1ccc(CNCCN(CC)CC(=O)NCCCCCCOc2cccc3c2C(=O)N(C(CCC=O)C(N)=O)C3=O)cc1. The third-order valence-corrected chi connectivity index (χ3v) is 13.5. The van der Waals surface area contributed by atoms with Crippen LogP contribution in [0.2, 0.25) is 0 Å². The number of amides is 5. The summed E-state index contributed by atoms with van der Waals surface area (Å²) in [5, 5.41) is 9.58. The number of aromatic nitrogens is 1. The molecule has 3 heterocycles. The first-order valence-electron chi connectivity index (χ1n) is 25.5. The first-order chi connectivity index (χ1) is 34.7. The number of primary amides is 1. The molecule has 1 saturated heterocycles. The largest absolute Gasteiger partial charge is 0.493 e. The number of rotatable bonds is 31.